The van der Waals surface area contributed by atoms with Crippen molar-refractivity contribution in [2.45, 2.75) is 34.6 Å². The molecule has 1 aromatic heterocycles. The molecule has 0 fully saturated rings. The van der Waals surface area contributed by atoms with E-state index >= 15 is 0 Å². The van der Waals surface area contributed by atoms with Crippen molar-refractivity contribution in [3.63, 3.8) is 0 Å². The fourth-order valence-corrected chi connectivity index (χ4v) is 3.04. The van der Waals surface area contributed by atoms with Crippen molar-refractivity contribution in [1.29, 1.82) is 0 Å². The quantitative estimate of drug-likeness (QED) is 0.573. The normalized spacial score (nSPS) is 11.2. The number of nitrogens with zero attached hydrogens (tertiary/aromatic N) is 1. The number of benzene rings is 2. The second-order valence-corrected chi connectivity index (χ2v) is 7.39. The Morgan fingerprint density at radius 3 is 2.35 bits per heavy atom. The third-order valence-electron chi connectivity index (χ3n) is 4.36. The Labute approximate surface area is 155 Å². The van der Waals surface area contributed by atoms with Gasteiger partial charge in [-0.1, -0.05) is 55.3 Å². The van der Waals surface area contributed by atoms with Gasteiger partial charge in [0.05, 0.1) is 23.4 Å². The zero-order chi connectivity index (χ0) is 18.8. The Balaban J connectivity index is 2.19. The van der Waals surface area contributed by atoms with Crippen molar-refractivity contribution in [1.82, 2.24) is 4.98 Å². The van der Waals surface area contributed by atoms with E-state index in [-0.39, 0.29) is 5.97 Å². The average Bonchev–Trinajstić information content (AvgIpc) is 2.59. The first-order valence-electron chi connectivity index (χ1n) is 9.01. The topological polar surface area (TPSA) is 39.2 Å². The van der Waals surface area contributed by atoms with Crippen LogP contribution in [0, 0.1) is 26.7 Å². The third kappa shape index (κ3) is 3.77. The van der Waals surface area contributed by atoms with Crippen LogP contribution in [0.2, 0.25) is 0 Å². The lowest BCUT2D eigenvalue weighted by atomic mass is 9.99. The standard InChI is InChI=1S/C23H25NO2/c1-14(2)13-26-23(25)20-12-21(18-8-6-15(3)7-9-18)24-22-17(5)10-16(4)11-19(20)22/h6-12,14H,13H2,1-5H3. The van der Waals surface area contributed by atoms with Gasteiger partial charge in [-0.15, -0.1) is 0 Å². The zero-order valence-electron chi connectivity index (χ0n) is 16.1. The van der Waals surface area contributed by atoms with Gasteiger partial charge in [0.25, 0.3) is 0 Å². The minimum atomic E-state index is -0.288. The molecule has 0 atom stereocenters. The summed E-state index contributed by atoms with van der Waals surface area (Å²) in [4.78, 5) is 17.6. The van der Waals surface area contributed by atoms with E-state index in [0.717, 1.165) is 33.3 Å². The first kappa shape index (κ1) is 18.1. The van der Waals surface area contributed by atoms with Crippen LogP contribution in [-0.4, -0.2) is 17.6 Å². The number of fused-ring (bicyclic) bond motifs is 1. The molecule has 0 saturated heterocycles. The van der Waals surface area contributed by atoms with Crippen LogP contribution in [0.5, 0.6) is 0 Å². The van der Waals surface area contributed by atoms with Crippen molar-refractivity contribution in [2.24, 2.45) is 5.92 Å². The highest BCUT2D eigenvalue weighted by molar-refractivity contribution is 6.05. The molecule has 0 saturated carbocycles. The highest BCUT2D eigenvalue weighted by Crippen LogP contribution is 2.28. The number of esters is 1. The molecule has 0 aliphatic carbocycles. The number of hydrogen-bond donors (Lipinski definition) is 0. The van der Waals surface area contributed by atoms with Crippen LogP contribution in [0.1, 0.15) is 40.9 Å². The van der Waals surface area contributed by atoms with E-state index in [2.05, 4.69) is 25.1 Å². The van der Waals surface area contributed by atoms with Gasteiger partial charge in [-0.05, 0) is 44.4 Å². The van der Waals surface area contributed by atoms with Crippen LogP contribution in [0.4, 0.5) is 0 Å². The van der Waals surface area contributed by atoms with Gasteiger partial charge in [0.1, 0.15) is 0 Å². The molecule has 0 aliphatic heterocycles. The average molecular weight is 347 g/mol. The zero-order valence-corrected chi connectivity index (χ0v) is 16.1. The molecule has 0 unspecified atom stereocenters. The predicted octanol–water partition coefficient (Wildman–Crippen LogP) is 5.64. The van der Waals surface area contributed by atoms with Crippen LogP contribution in [0.15, 0.2) is 42.5 Å². The summed E-state index contributed by atoms with van der Waals surface area (Å²) >= 11 is 0. The molecule has 0 amide bonds. The predicted molar refractivity (Wildman–Crippen MR) is 107 cm³/mol. The van der Waals surface area contributed by atoms with E-state index in [4.69, 9.17) is 9.72 Å². The van der Waals surface area contributed by atoms with Crippen molar-refractivity contribution in [2.75, 3.05) is 6.61 Å². The lowest BCUT2D eigenvalue weighted by Crippen LogP contribution is -2.11. The summed E-state index contributed by atoms with van der Waals surface area (Å²) in [5, 5.41) is 0.854. The van der Waals surface area contributed by atoms with Crippen LogP contribution >= 0.6 is 0 Å². The second-order valence-electron chi connectivity index (χ2n) is 7.39. The van der Waals surface area contributed by atoms with Gasteiger partial charge in [-0.3, -0.25) is 0 Å². The first-order chi connectivity index (χ1) is 12.3. The van der Waals surface area contributed by atoms with E-state index in [1.165, 1.54) is 5.56 Å². The Hall–Kier alpha value is -2.68. The van der Waals surface area contributed by atoms with E-state index in [1.807, 2.05) is 52.0 Å². The Morgan fingerprint density at radius 2 is 1.69 bits per heavy atom. The van der Waals surface area contributed by atoms with Gasteiger partial charge in [0.15, 0.2) is 0 Å². The molecule has 3 rings (SSSR count). The summed E-state index contributed by atoms with van der Waals surface area (Å²) in [6, 6.07) is 14.2. The van der Waals surface area contributed by atoms with Crippen LogP contribution in [-0.2, 0) is 4.74 Å². The van der Waals surface area contributed by atoms with E-state index in [9.17, 15) is 4.79 Å². The third-order valence-corrected chi connectivity index (χ3v) is 4.36. The molecule has 3 aromatic rings. The molecule has 26 heavy (non-hydrogen) atoms. The first-order valence-corrected chi connectivity index (χ1v) is 9.01. The molecule has 0 N–H and O–H groups in total. The van der Waals surface area contributed by atoms with Crippen molar-refractivity contribution in [3.8, 4) is 11.3 Å². The number of aryl methyl sites for hydroxylation is 3. The SMILES string of the molecule is Cc1ccc(-c2cc(C(=O)OCC(C)C)c3cc(C)cc(C)c3n2)cc1. The van der Waals surface area contributed by atoms with E-state index in [1.54, 1.807) is 0 Å². The molecule has 134 valence electrons. The van der Waals surface area contributed by atoms with Gasteiger partial charge < -0.3 is 4.74 Å². The van der Waals surface area contributed by atoms with Crippen LogP contribution in [0.25, 0.3) is 22.2 Å². The molecular weight excluding hydrogens is 322 g/mol. The minimum Gasteiger partial charge on any atom is -0.462 e. The Bertz CT molecular complexity index is 956. The number of rotatable bonds is 4. The smallest absolute Gasteiger partial charge is 0.338 e. The van der Waals surface area contributed by atoms with Crippen LogP contribution in [0.3, 0.4) is 0 Å². The lowest BCUT2D eigenvalue weighted by molar-refractivity contribution is 0.0461. The maximum atomic E-state index is 12.8. The molecule has 1 heterocycles. The summed E-state index contributed by atoms with van der Waals surface area (Å²) in [5.74, 6) is 0.0107. The maximum Gasteiger partial charge on any atom is 0.338 e. The highest BCUT2D eigenvalue weighted by atomic mass is 16.5. The lowest BCUT2D eigenvalue weighted by Gasteiger charge is -2.13. The molecular formula is C23H25NO2. The van der Waals surface area contributed by atoms with Crippen molar-refractivity contribution in [3.05, 3.63) is 64.7 Å². The number of hydrogen-bond acceptors (Lipinski definition) is 3. The van der Waals surface area contributed by atoms with E-state index < -0.39 is 0 Å². The Morgan fingerprint density at radius 1 is 1.00 bits per heavy atom. The van der Waals surface area contributed by atoms with E-state index in [0.29, 0.717) is 18.1 Å². The van der Waals surface area contributed by atoms with Gasteiger partial charge in [0, 0.05) is 10.9 Å². The largest absolute Gasteiger partial charge is 0.462 e. The number of ether oxygens (including phenoxy) is 1. The second kappa shape index (κ2) is 7.28. The van der Waals surface area contributed by atoms with Gasteiger partial charge in [0.2, 0.25) is 0 Å². The molecule has 3 nitrogen and oxygen atoms in total. The number of pyridine rings is 1. The number of aromatic nitrogens is 1. The maximum absolute atomic E-state index is 12.8. The summed E-state index contributed by atoms with van der Waals surface area (Å²) in [7, 11) is 0. The number of carbonyl (C=O) groups excluding carboxylic acids is 1. The van der Waals surface area contributed by atoms with Crippen molar-refractivity contribution < 1.29 is 9.53 Å². The summed E-state index contributed by atoms with van der Waals surface area (Å²) in [6.45, 7) is 10.6. The van der Waals surface area contributed by atoms with Gasteiger partial charge in [-0.2, -0.15) is 0 Å². The molecule has 0 spiro atoms. The Kier molecular flexibility index (Phi) is 5.08. The molecule has 0 radical (unpaired) electrons. The van der Waals surface area contributed by atoms with Gasteiger partial charge in [-0.25, -0.2) is 9.78 Å². The fourth-order valence-electron chi connectivity index (χ4n) is 3.04. The summed E-state index contributed by atoms with van der Waals surface area (Å²) in [5.41, 5.74) is 6.59. The number of carbonyl (C=O) groups is 1. The highest BCUT2D eigenvalue weighted by Gasteiger charge is 2.17. The molecule has 3 heteroatoms. The van der Waals surface area contributed by atoms with Crippen molar-refractivity contribution >= 4 is 16.9 Å². The monoisotopic (exact) mass is 347 g/mol. The van der Waals surface area contributed by atoms with Gasteiger partial charge >= 0.3 is 5.97 Å². The molecule has 2 aromatic carbocycles. The fraction of sp³-hybridized carbons (Fsp3) is 0.304. The minimum absolute atomic E-state index is 0.288. The summed E-state index contributed by atoms with van der Waals surface area (Å²) < 4.78 is 5.52. The van der Waals surface area contributed by atoms with Crippen LogP contribution < -0.4 is 0 Å². The summed E-state index contributed by atoms with van der Waals surface area (Å²) in [6.07, 6.45) is 0. The molecule has 0 aliphatic rings. The molecule has 0 bridgehead atoms.